The molecule has 0 spiro atoms. The summed E-state index contributed by atoms with van der Waals surface area (Å²) >= 11 is 0. The van der Waals surface area contributed by atoms with E-state index < -0.39 is 0 Å². The Morgan fingerprint density at radius 1 is 0.571 bits per heavy atom. The molecule has 0 radical (unpaired) electrons. The molecule has 0 aliphatic carbocycles. The molecule has 3 heteroatoms. The molecular weight excluding hydrogens is 502 g/mol. The number of hydrogen-bond donors (Lipinski definition) is 0. The zero-order chi connectivity index (χ0) is 25.7. The summed E-state index contributed by atoms with van der Waals surface area (Å²) in [6.45, 7) is 28.9. The molecule has 0 saturated carbocycles. The summed E-state index contributed by atoms with van der Waals surface area (Å²) in [5, 5.41) is 3.26. The first kappa shape index (κ1) is 31.3. The number of hydrogen-bond acceptors (Lipinski definition) is 0. The van der Waals surface area contributed by atoms with Crippen molar-refractivity contribution in [1.82, 2.24) is 0 Å². The van der Waals surface area contributed by atoms with Crippen molar-refractivity contribution in [2.45, 2.75) is 119 Å². The monoisotopic (exact) mass is 554 g/mol. The molecule has 0 unspecified atom stereocenters. The van der Waals surface area contributed by atoms with E-state index in [1.54, 1.807) is 10.6 Å². The van der Waals surface area contributed by atoms with Gasteiger partial charge < -0.3 is 29.6 Å². The van der Waals surface area contributed by atoms with Crippen molar-refractivity contribution < 1.29 is 17.1 Å². The van der Waals surface area contributed by atoms with Gasteiger partial charge in [0, 0.05) is 17.1 Å². The van der Waals surface area contributed by atoms with Crippen LogP contribution >= 0.6 is 15.8 Å². The van der Waals surface area contributed by atoms with Crippen LogP contribution in [0.1, 0.15) is 95.9 Å². The van der Waals surface area contributed by atoms with Gasteiger partial charge in [0.05, 0.1) is 0 Å². The van der Waals surface area contributed by atoms with Gasteiger partial charge in [0.15, 0.2) is 0 Å². The predicted octanol–water partition coefficient (Wildman–Crippen LogP) is 9.49. The standard InChI is InChI=1S/2C16H26P.Fe/c2*1-15(2,3)13-11-14(16(4,5)6)17(13)12-9-7-8-10-12;/h2*7-10,13-14H,11H2,1-6H3;/q-5;-1;/t2*13-,14-;/m00./s1. The van der Waals surface area contributed by atoms with E-state index in [1.165, 1.54) is 12.8 Å². The van der Waals surface area contributed by atoms with E-state index in [-0.39, 0.29) is 32.9 Å². The topological polar surface area (TPSA) is 0 Å². The Morgan fingerprint density at radius 2 is 0.886 bits per heavy atom. The van der Waals surface area contributed by atoms with E-state index in [1.807, 2.05) is 0 Å². The van der Waals surface area contributed by atoms with Gasteiger partial charge in [0.25, 0.3) is 0 Å². The van der Waals surface area contributed by atoms with Crippen LogP contribution in [0.4, 0.5) is 0 Å². The van der Waals surface area contributed by atoms with Crippen molar-refractivity contribution >= 4 is 26.5 Å². The molecule has 35 heavy (non-hydrogen) atoms. The third-order valence-electron chi connectivity index (χ3n) is 8.12. The fourth-order valence-corrected chi connectivity index (χ4v) is 13.6. The molecule has 4 atom stereocenters. The second-order valence-electron chi connectivity index (χ2n) is 15.1. The van der Waals surface area contributed by atoms with E-state index >= 15 is 0 Å². The van der Waals surface area contributed by atoms with Crippen molar-refractivity contribution in [3.05, 3.63) is 48.5 Å². The average molecular weight is 555 g/mol. The first-order valence-electron chi connectivity index (χ1n) is 13.4. The summed E-state index contributed by atoms with van der Waals surface area (Å²) < 4.78 is 0. The van der Waals surface area contributed by atoms with Gasteiger partial charge in [-0.3, -0.25) is 7.92 Å². The van der Waals surface area contributed by atoms with Crippen LogP contribution < -0.4 is 10.6 Å². The Balaban J connectivity index is 0.000000240. The fourth-order valence-electron chi connectivity index (χ4n) is 5.91. The van der Waals surface area contributed by atoms with Crippen LogP contribution in [-0.4, -0.2) is 22.6 Å². The van der Waals surface area contributed by atoms with Crippen molar-refractivity contribution in [3.63, 3.8) is 0 Å². The van der Waals surface area contributed by atoms with Crippen LogP contribution in [0.3, 0.4) is 0 Å². The Hall–Kier alpha value is 0.0795. The SMILES string of the molecule is CC(C)(C)[C@@H]1C[C@@H](C(C)(C)C)P1[c-]1[cH-][cH-][cH-][cH-]1.CC(C)(C)[C@@H]1C[C@@H](C(C)(C)C)P1[c-]1cccc1.[Fe]. The summed E-state index contributed by atoms with van der Waals surface area (Å²) in [6.07, 6.45) is 2.84. The molecule has 204 valence electrons. The van der Waals surface area contributed by atoms with Crippen LogP contribution in [0.5, 0.6) is 0 Å². The van der Waals surface area contributed by atoms with Gasteiger partial charge in [-0.15, -0.1) is 13.2 Å². The summed E-state index contributed by atoms with van der Waals surface area (Å²) in [6, 6.07) is 18.2. The quantitative estimate of drug-likeness (QED) is 0.197. The van der Waals surface area contributed by atoms with Crippen molar-refractivity contribution in [1.29, 1.82) is 0 Å². The fraction of sp³-hybridized carbons (Fsp3) is 0.688. The minimum atomic E-state index is 0. The van der Waals surface area contributed by atoms with E-state index in [2.05, 4.69) is 132 Å². The van der Waals surface area contributed by atoms with Gasteiger partial charge in [-0.2, -0.15) is 12.1 Å². The second kappa shape index (κ2) is 11.1. The van der Waals surface area contributed by atoms with Crippen LogP contribution in [-0.2, 0) is 17.1 Å². The molecule has 2 aromatic rings. The van der Waals surface area contributed by atoms with Gasteiger partial charge in [0.1, 0.15) is 0 Å². The normalized spacial score (nSPS) is 26.2. The minimum Gasteiger partial charge on any atom is -0.747 e. The summed E-state index contributed by atoms with van der Waals surface area (Å²) in [5.41, 5.74) is 5.48. The van der Waals surface area contributed by atoms with Crippen LogP contribution in [0.25, 0.3) is 0 Å². The zero-order valence-corrected chi connectivity index (χ0v) is 27.5. The van der Waals surface area contributed by atoms with Crippen molar-refractivity contribution in [2.75, 3.05) is 0 Å². The molecule has 0 aromatic heterocycles. The molecule has 2 aromatic carbocycles. The average Bonchev–Trinajstić information content (AvgIpc) is 3.21. The second-order valence-corrected chi connectivity index (χ2v) is 20.3. The summed E-state index contributed by atoms with van der Waals surface area (Å²) in [4.78, 5) is 0. The van der Waals surface area contributed by atoms with E-state index in [0.29, 0.717) is 21.7 Å². The van der Waals surface area contributed by atoms with Gasteiger partial charge in [0.2, 0.25) is 0 Å². The van der Waals surface area contributed by atoms with E-state index in [0.717, 1.165) is 22.6 Å². The van der Waals surface area contributed by atoms with Crippen LogP contribution in [0.2, 0.25) is 0 Å². The first-order valence-corrected chi connectivity index (χ1v) is 16.4. The maximum Gasteiger partial charge on any atom is 0 e. The van der Waals surface area contributed by atoms with Crippen LogP contribution in [0.15, 0.2) is 48.5 Å². The molecular formula is C32H52FeP2-6. The molecule has 4 rings (SSSR count). The van der Waals surface area contributed by atoms with Crippen molar-refractivity contribution in [3.8, 4) is 0 Å². The Morgan fingerprint density at radius 3 is 1.20 bits per heavy atom. The van der Waals surface area contributed by atoms with Crippen LogP contribution in [0, 0.1) is 21.7 Å². The van der Waals surface area contributed by atoms with Gasteiger partial charge in [-0.05, 0) is 57.1 Å². The molecule has 2 fully saturated rings. The molecule has 0 N–H and O–H groups in total. The summed E-state index contributed by atoms with van der Waals surface area (Å²) in [5.74, 6) is 0. The minimum absolute atomic E-state index is 0. The predicted molar refractivity (Wildman–Crippen MR) is 159 cm³/mol. The van der Waals surface area contributed by atoms with E-state index in [4.69, 9.17) is 0 Å². The summed E-state index contributed by atoms with van der Waals surface area (Å²) in [7, 11) is 0.0823. The first-order chi connectivity index (χ1) is 15.4. The maximum absolute atomic E-state index is 2.41. The third kappa shape index (κ3) is 7.14. The molecule has 0 nitrogen and oxygen atoms in total. The maximum atomic E-state index is 2.41. The molecule has 2 saturated heterocycles. The Bertz CT molecular complexity index is 765. The van der Waals surface area contributed by atoms with E-state index in [9.17, 15) is 0 Å². The van der Waals surface area contributed by atoms with Crippen molar-refractivity contribution in [2.24, 2.45) is 21.7 Å². The number of rotatable bonds is 2. The molecule has 2 heterocycles. The molecule has 0 amide bonds. The largest absolute Gasteiger partial charge is 0.747 e. The Kier molecular flexibility index (Phi) is 9.89. The smallest absolute Gasteiger partial charge is 0 e. The molecule has 0 bridgehead atoms. The van der Waals surface area contributed by atoms with Gasteiger partial charge in [-0.25, -0.2) is 12.1 Å². The zero-order valence-electron chi connectivity index (χ0n) is 24.6. The Labute approximate surface area is 231 Å². The molecule has 2 aliphatic heterocycles. The van der Waals surface area contributed by atoms with Gasteiger partial charge >= 0.3 is 0 Å². The molecule has 2 aliphatic rings. The van der Waals surface area contributed by atoms with Gasteiger partial charge in [-0.1, -0.05) is 83.1 Å². The third-order valence-corrected chi connectivity index (χ3v) is 16.5.